The molecule has 0 atom stereocenters. The molecule has 0 bridgehead atoms. The van der Waals surface area contributed by atoms with Gasteiger partial charge in [-0.1, -0.05) is 30.7 Å². The van der Waals surface area contributed by atoms with E-state index in [0.717, 1.165) is 17.0 Å². The predicted molar refractivity (Wildman–Crippen MR) is 82.8 cm³/mol. The average Bonchev–Trinajstić information content (AvgIpc) is 2.33. The molecule has 1 saturated carbocycles. The molecular weight excluding hydrogens is 262 g/mol. The summed E-state index contributed by atoms with van der Waals surface area (Å²) in [5, 5.41) is 4.48. The topological polar surface area (TPSA) is 12.0 Å². The summed E-state index contributed by atoms with van der Waals surface area (Å²) < 4.78 is 0. The molecule has 0 spiro atoms. The van der Waals surface area contributed by atoms with Gasteiger partial charge >= 0.3 is 0 Å². The zero-order chi connectivity index (χ0) is 12.8. The standard InChI is InChI=1S/C15H22ClNS/c1-2-18-9-3-8-17-15-10-13(11-15)12-4-6-14(16)7-5-12/h4-7,13,15,17H,2-3,8-11H2,1H3. The summed E-state index contributed by atoms with van der Waals surface area (Å²) in [5.41, 5.74) is 1.44. The number of benzene rings is 1. The molecule has 1 aromatic carbocycles. The molecular formula is C15H22ClNS. The Morgan fingerprint density at radius 1 is 1.28 bits per heavy atom. The van der Waals surface area contributed by atoms with Crippen LogP contribution in [0.3, 0.4) is 0 Å². The van der Waals surface area contributed by atoms with Crippen LogP contribution in [0.2, 0.25) is 5.02 Å². The highest BCUT2D eigenvalue weighted by atomic mass is 35.5. The molecule has 1 aliphatic carbocycles. The van der Waals surface area contributed by atoms with Crippen molar-refractivity contribution in [3.63, 3.8) is 0 Å². The van der Waals surface area contributed by atoms with Gasteiger partial charge in [0.15, 0.2) is 0 Å². The van der Waals surface area contributed by atoms with Gasteiger partial charge in [-0.15, -0.1) is 0 Å². The molecule has 1 N–H and O–H groups in total. The van der Waals surface area contributed by atoms with Gasteiger partial charge in [-0.25, -0.2) is 0 Å². The fourth-order valence-electron chi connectivity index (χ4n) is 2.42. The summed E-state index contributed by atoms with van der Waals surface area (Å²) in [6, 6.07) is 9.07. The SMILES string of the molecule is CCSCCCNC1CC(c2ccc(Cl)cc2)C1. The minimum atomic E-state index is 0.734. The van der Waals surface area contributed by atoms with E-state index in [4.69, 9.17) is 11.6 Å². The van der Waals surface area contributed by atoms with E-state index in [1.807, 2.05) is 23.9 Å². The van der Waals surface area contributed by atoms with Crippen molar-refractivity contribution < 1.29 is 0 Å². The van der Waals surface area contributed by atoms with E-state index in [1.54, 1.807) is 0 Å². The maximum atomic E-state index is 5.90. The van der Waals surface area contributed by atoms with Crippen molar-refractivity contribution in [3.8, 4) is 0 Å². The van der Waals surface area contributed by atoms with E-state index >= 15 is 0 Å². The first-order chi connectivity index (χ1) is 8.79. The zero-order valence-electron chi connectivity index (χ0n) is 11.0. The third-order valence-corrected chi connectivity index (χ3v) is 4.82. The first-order valence-corrected chi connectivity index (χ1v) is 8.39. The summed E-state index contributed by atoms with van der Waals surface area (Å²) in [5.74, 6) is 3.27. The number of thioether (sulfide) groups is 1. The Morgan fingerprint density at radius 2 is 2.00 bits per heavy atom. The van der Waals surface area contributed by atoms with E-state index in [0.29, 0.717) is 0 Å². The van der Waals surface area contributed by atoms with Crippen molar-refractivity contribution in [3.05, 3.63) is 34.9 Å². The van der Waals surface area contributed by atoms with Crippen LogP contribution in [-0.2, 0) is 0 Å². The lowest BCUT2D eigenvalue weighted by molar-refractivity contribution is 0.292. The van der Waals surface area contributed by atoms with Crippen molar-refractivity contribution in [2.75, 3.05) is 18.1 Å². The highest BCUT2D eigenvalue weighted by Gasteiger charge is 2.29. The minimum absolute atomic E-state index is 0.734. The van der Waals surface area contributed by atoms with Crippen molar-refractivity contribution >= 4 is 23.4 Å². The van der Waals surface area contributed by atoms with E-state index in [1.165, 1.54) is 42.9 Å². The van der Waals surface area contributed by atoms with Crippen molar-refractivity contribution in [1.82, 2.24) is 5.32 Å². The maximum Gasteiger partial charge on any atom is 0.0406 e. The van der Waals surface area contributed by atoms with Crippen LogP contribution in [0.15, 0.2) is 24.3 Å². The van der Waals surface area contributed by atoms with Crippen molar-refractivity contribution in [1.29, 1.82) is 0 Å². The van der Waals surface area contributed by atoms with Gasteiger partial charge in [0.05, 0.1) is 0 Å². The normalized spacial score (nSPS) is 22.8. The number of halogens is 1. The molecule has 2 rings (SSSR count). The Labute approximate surface area is 120 Å². The summed E-state index contributed by atoms with van der Waals surface area (Å²) in [7, 11) is 0. The molecule has 0 unspecified atom stereocenters. The second-order valence-corrected chi connectivity index (χ2v) is 6.75. The Morgan fingerprint density at radius 3 is 2.67 bits per heavy atom. The lowest BCUT2D eigenvalue weighted by atomic mass is 9.76. The van der Waals surface area contributed by atoms with E-state index in [2.05, 4.69) is 24.4 Å². The highest BCUT2D eigenvalue weighted by Crippen LogP contribution is 2.37. The maximum absolute atomic E-state index is 5.90. The Bertz CT molecular complexity index is 346. The van der Waals surface area contributed by atoms with E-state index in [-0.39, 0.29) is 0 Å². The molecule has 3 heteroatoms. The second-order valence-electron chi connectivity index (χ2n) is 4.92. The molecule has 0 saturated heterocycles. The molecule has 1 fully saturated rings. The molecule has 100 valence electrons. The van der Waals surface area contributed by atoms with Gasteiger partial charge in [-0.05, 0) is 60.9 Å². The minimum Gasteiger partial charge on any atom is -0.314 e. The molecule has 0 radical (unpaired) electrons. The molecule has 0 heterocycles. The van der Waals surface area contributed by atoms with Gasteiger partial charge in [-0.2, -0.15) is 11.8 Å². The quantitative estimate of drug-likeness (QED) is 0.748. The molecule has 1 aromatic rings. The van der Waals surface area contributed by atoms with Crippen LogP contribution in [0.25, 0.3) is 0 Å². The van der Waals surface area contributed by atoms with Crippen LogP contribution in [0.1, 0.15) is 37.7 Å². The van der Waals surface area contributed by atoms with Crippen molar-refractivity contribution in [2.45, 2.75) is 38.1 Å². The van der Waals surface area contributed by atoms with Crippen LogP contribution >= 0.6 is 23.4 Å². The largest absolute Gasteiger partial charge is 0.314 e. The Kier molecular flexibility index (Phi) is 5.87. The van der Waals surface area contributed by atoms with Crippen LogP contribution in [-0.4, -0.2) is 24.1 Å². The molecule has 18 heavy (non-hydrogen) atoms. The first-order valence-electron chi connectivity index (χ1n) is 6.86. The summed E-state index contributed by atoms with van der Waals surface area (Å²) in [6.07, 6.45) is 3.85. The van der Waals surface area contributed by atoms with Crippen LogP contribution < -0.4 is 5.32 Å². The second kappa shape index (κ2) is 7.42. The number of hydrogen-bond acceptors (Lipinski definition) is 2. The van der Waals surface area contributed by atoms with Gasteiger partial charge in [-0.3, -0.25) is 0 Å². The summed E-state index contributed by atoms with van der Waals surface area (Å²) >= 11 is 7.93. The number of hydrogen-bond donors (Lipinski definition) is 1. The fourth-order valence-corrected chi connectivity index (χ4v) is 3.18. The molecule has 1 nitrogen and oxygen atoms in total. The summed E-state index contributed by atoms with van der Waals surface area (Å²) in [6.45, 7) is 3.39. The third-order valence-electron chi connectivity index (χ3n) is 3.58. The molecule has 0 aliphatic heterocycles. The zero-order valence-corrected chi connectivity index (χ0v) is 12.6. The predicted octanol–water partition coefficient (Wildman–Crippen LogP) is 4.32. The van der Waals surface area contributed by atoms with E-state index in [9.17, 15) is 0 Å². The third kappa shape index (κ3) is 4.18. The van der Waals surface area contributed by atoms with Gasteiger partial charge < -0.3 is 5.32 Å². The first kappa shape index (κ1) is 14.2. The molecule has 0 aromatic heterocycles. The Balaban J connectivity index is 1.60. The van der Waals surface area contributed by atoms with Crippen LogP contribution in [0, 0.1) is 0 Å². The Hall–Kier alpha value is -0.180. The summed E-state index contributed by atoms with van der Waals surface area (Å²) in [4.78, 5) is 0. The van der Waals surface area contributed by atoms with Crippen LogP contribution in [0.4, 0.5) is 0 Å². The fraction of sp³-hybridized carbons (Fsp3) is 0.600. The molecule has 1 aliphatic rings. The van der Waals surface area contributed by atoms with Crippen molar-refractivity contribution in [2.24, 2.45) is 0 Å². The molecule has 0 amide bonds. The van der Waals surface area contributed by atoms with Crippen LogP contribution in [0.5, 0.6) is 0 Å². The monoisotopic (exact) mass is 283 g/mol. The highest BCUT2D eigenvalue weighted by molar-refractivity contribution is 7.99. The average molecular weight is 284 g/mol. The lowest BCUT2D eigenvalue weighted by Crippen LogP contribution is -2.40. The van der Waals surface area contributed by atoms with E-state index < -0.39 is 0 Å². The number of rotatable bonds is 7. The van der Waals surface area contributed by atoms with Gasteiger partial charge in [0, 0.05) is 11.1 Å². The smallest absolute Gasteiger partial charge is 0.0406 e. The van der Waals surface area contributed by atoms with Gasteiger partial charge in [0.25, 0.3) is 0 Å². The number of nitrogens with one attached hydrogen (secondary N) is 1. The van der Waals surface area contributed by atoms with Gasteiger partial charge in [0.1, 0.15) is 0 Å². The lowest BCUT2D eigenvalue weighted by Gasteiger charge is -2.36. The van der Waals surface area contributed by atoms with Gasteiger partial charge in [0.2, 0.25) is 0 Å².